The van der Waals surface area contributed by atoms with Crippen molar-refractivity contribution in [2.45, 2.75) is 12.8 Å². The van der Waals surface area contributed by atoms with Gasteiger partial charge in [0.05, 0.1) is 6.61 Å². The molecule has 0 aliphatic carbocycles. The molecule has 3 rings (SSSR count). The molecular weight excluding hydrogens is 308 g/mol. The number of ketones is 1. The number of halogens is 1. The van der Waals surface area contributed by atoms with E-state index in [4.69, 9.17) is 4.74 Å². The molecule has 0 saturated heterocycles. The number of carbonyl (C=O) groups excluding carboxylic acids is 1. The Hall–Kier alpha value is -1.62. The number of ether oxygens (including phenoxy) is 1. The highest BCUT2D eigenvalue weighted by Gasteiger charge is 2.20. The number of aromatic nitrogens is 2. The molecule has 1 aliphatic heterocycles. The molecule has 1 aliphatic rings. The van der Waals surface area contributed by atoms with Crippen LogP contribution >= 0.6 is 15.9 Å². The summed E-state index contributed by atoms with van der Waals surface area (Å²) in [5.41, 5.74) is 2.59. The summed E-state index contributed by atoms with van der Waals surface area (Å²) in [6.07, 6.45) is 2.99. The van der Waals surface area contributed by atoms with Crippen molar-refractivity contribution in [2.24, 2.45) is 7.05 Å². The van der Waals surface area contributed by atoms with Crippen LogP contribution in [0.2, 0.25) is 0 Å². The maximum Gasteiger partial charge on any atom is 0.187 e. The minimum Gasteiger partial charge on any atom is -0.493 e. The molecule has 1 aromatic carbocycles. The molecule has 0 amide bonds. The lowest BCUT2D eigenvalue weighted by molar-refractivity contribution is 0.0986. The SMILES string of the molecule is Cn1ccc(C(=O)Cc2cc(Br)cc3c2OCC3)n1. The van der Waals surface area contributed by atoms with Gasteiger partial charge >= 0.3 is 0 Å². The molecule has 0 saturated carbocycles. The molecule has 0 N–H and O–H groups in total. The van der Waals surface area contributed by atoms with Gasteiger partial charge in [-0.1, -0.05) is 15.9 Å². The smallest absolute Gasteiger partial charge is 0.187 e. The Morgan fingerprint density at radius 3 is 3.11 bits per heavy atom. The van der Waals surface area contributed by atoms with Crippen LogP contribution in [0.25, 0.3) is 0 Å². The van der Waals surface area contributed by atoms with Crippen LogP contribution in [0.15, 0.2) is 28.9 Å². The fourth-order valence-corrected chi connectivity index (χ4v) is 2.86. The normalized spacial score (nSPS) is 13.2. The highest BCUT2D eigenvalue weighted by Crippen LogP contribution is 2.33. The van der Waals surface area contributed by atoms with E-state index >= 15 is 0 Å². The van der Waals surface area contributed by atoms with Crippen molar-refractivity contribution in [2.75, 3.05) is 6.61 Å². The first kappa shape index (κ1) is 12.4. The van der Waals surface area contributed by atoms with Gasteiger partial charge in [-0.3, -0.25) is 9.48 Å². The molecule has 2 aromatic rings. The second-order valence-corrected chi connectivity index (χ2v) is 5.54. The maximum absolute atomic E-state index is 12.2. The zero-order valence-corrected chi connectivity index (χ0v) is 12.1. The quantitative estimate of drug-likeness (QED) is 0.816. The number of hydrogen-bond acceptors (Lipinski definition) is 3. The Morgan fingerprint density at radius 1 is 1.53 bits per heavy atom. The molecule has 98 valence electrons. The Labute approximate surface area is 119 Å². The van der Waals surface area contributed by atoms with Gasteiger partial charge in [-0.05, 0) is 23.8 Å². The third-order valence-electron chi connectivity index (χ3n) is 3.18. The molecule has 5 heteroatoms. The van der Waals surface area contributed by atoms with Crippen LogP contribution in [-0.2, 0) is 19.9 Å². The largest absolute Gasteiger partial charge is 0.493 e. The molecule has 0 radical (unpaired) electrons. The van der Waals surface area contributed by atoms with E-state index in [1.165, 1.54) is 0 Å². The molecule has 0 fully saturated rings. The molecule has 0 bridgehead atoms. The standard InChI is InChI=1S/C14H13BrN2O2/c1-17-4-2-12(16-17)13(18)8-10-7-11(15)6-9-3-5-19-14(9)10/h2,4,6-7H,3,5,8H2,1H3. The maximum atomic E-state index is 12.2. The number of nitrogens with zero attached hydrogens (tertiary/aromatic N) is 2. The number of rotatable bonds is 3. The second-order valence-electron chi connectivity index (χ2n) is 4.63. The summed E-state index contributed by atoms with van der Waals surface area (Å²) in [5, 5.41) is 4.14. The molecule has 2 heterocycles. The first-order chi connectivity index (χ1) is 9.13. The highest BCUT2D eigenvalue weighted by atomic mass is 79.9. The summed E-state index contributed by atoms with van der Waals surface area (Å²) in [5.74, 6) is 0.879. The summed E-state index contributed by atoms with van der Waals surface area (Å²) in [6.45, 7) is 0.691. The third kappa shape index (κ3) is 2.42. The number of fused-ring (bicyclic) bond motifs is 1. The Morgan fingerprint density at radius 2 is 2.37 bits per heavy atom. The van der Waals surface area contributed by atoms with Crippen LogP contribution in [-0.4, -0.2) is 22.2 Å². The third-order valence-corrected chi connectivity index (χ3v) is 3.63. The minimum absolute atomic E-state index is 0.0106. The second kappa shape index (κ2) is 4.81. The lowest BCUT2D eigenvalue weighted by Gasteiger charge is -2.07. The van der Waals surface area contributed by atoms with E-state index in [2.05, 4.69) is 27.1 Å². The molecule has 0 spiro atoms. The molecule has 1 aromatic heterocycles. The predicted octanol–water partition coefficient (Wildman–Crippen LogP) is 2.54. The predicted molar refractivity (Wildman–Crippen MR) is 74.6 cm³/mol. The number of carbonyl (C=O) groups is 1. The monoisotopic (exact) mass is 320 g/mol. The van der Waals surface area contributed by atoms with E-state index < -0.39 is 0 Å². The molecular formula is C14H13BrN2O2. The van der Waals surface area contributed by atoms with Gasteiger partial charge in [0.15, 0.2) is 5.78 Å². The van der Waals surface area contributed by atoms with Gasteiger partial charge in [0.2, 0.25) is 0 Å². The number of Topliss-reactive ketones (excluding diaryl/α,β-unsaturated/α-hetero) is 1. The average molecular weight is 321 g/mol. The van der Waals surface area contributed by atoms with E-state index in [0.717, 1.165) is 27.8 Å². The van der Waals surface area contributed by atoms with Crippen LogP contribution in [0.3, 0.4) is 0 Å². The molecule has 4 nitrogen and oxygen atoms in total. The Bertz CT molecular complexity index is 649. The minimum atomic E-state index is 0.0106. The number of hydrogen-bond donors (Lipinski definition) is 0. The first-order valence-electron chi connectivity index (χ1n) is 6.10. The molecule has 0 unspecified atom stereocenters. The highest BCUT2D eigenvalue weighted by molar-refractivity contribution is 9.10. The van der Waals surface area contributed by atoms with Crippen molar-refractivity contribution in [1.82, 2.24) is 9.78 Å². The lowest BCUT2D eigenvalue weighted by atomic mass is 10.0. The van der Waals surface area contributed by atoms with E-state index in [1.54, 1.807) is 24.0 Å². The van der Waals surface area contributed by atoms with Crippen molar-refractivity contribution >= 4 is 21.7 Å². The Balaban J connectivity index is 1.90. The summed E-state index contributed by atoms with van der Waals surface area (Å²) < 4.78 is 8.25. The van der Waals surface area contributed by atoms with Crippen molar-refractivity contribution < 1.29 is 9.53 Å². The summed E-state index contributed by atoms with van der Waals surface area (Å²) in [7, 11) is 1.80. The van der Waals surface area contributed by atoms with Gasteiger partial charge in [-0.15, -0.1) is 0 Å². The Kier molecular flexibility index (Phi) is 3.14. The van der Waals surface area contributed by atoms with Gasteiger partial charge in [-0.25, -0.2) is 0 Å². The van der Waals surface area contributed by atoms with Gasteiger partial charge in [-0.2, -0.15) is 5.10 Å². The summed E-state index contributed by atoms with van der Waals surface area (Å²) in [4.78, 5) is 12.2. The number of aryl methyl sites for hydroxylation is 1. The van der Waals surface area contributed by atoms with Crippen molar-refractivity contribution in [3.8, 4) is 5.75 Å². The van der Waals surface area contributed by atoms with Crippen molar-refractivity contribution in [1.29, 1.82) is 0 Å². The van der Waals surface area contributed by atoms with E-state index in [9.17, 15) is 4.79 Å². The van der Waals surface area contributed by atoms with Gasteiger partial charge in [0.1, 0.15) is 11.4 Å². The fourth-order valence-electron chi connectivity index (χ4n) is 2.30. The van der Waals surface area contributed by atoms with E-state index in [1.807, 2.05) is 6.07 Å². The van der Waals surface area contributed by atoms with Crippen LogP contribution in [0.5, 0.6) is 5.75 Å². The van der Waals surface area contributed by atoms with Crippen LogP contribution < -0.4 is 4.74 Å². The van der Waals surface area contributed by atoms with Crippen molar-refractivity contribution in [3.05, 3.63) is 45.7 Å². The van der Waals surface area contributed by atoms with Crippen LogP contribution in [0.4, 0.5) is 0 Å². The molecule has 0 atom stereocenters. The zero-order valence-electron chi connectivity index (χ0n) is 10.5. The van der Waals surface area contributed by atoms with E-state index in [-0.39, 0.29) is 5.78 Å². The van der Waals surface area contributed by atoms with E-state index in [0.29, 0.717) is 18.7 Å². The summed E-state index contributed by atoms with van der Waals surface area (Å²) >= 11 is 3.48. The van der Waals surface area contributed by atoms with Crippen molar-refractivity contribution in [3.63, 3.8) is 0 Å². The first-order valence-corrected chi connectivity index (χ1v) is 6.90. The number of benzene rings is 1. The van der Waals surface area contributed by atoms with Crippen LogP contribution in [0, 0.1) is 0 Å². The van der Waals surface area contributed by atoms with Gasteiger partial charge in [0, 0.05) is 36.1 Å². The topological polar surface area (TPSA) is 44.1 Å². The lowest BCUT2D eigenvalue weighted by Crippen LogP contribution is -2.06. The molecule has 19 heavy (non-hydrogen) atoms. The summed E-state index contributed by atoms with van der Waals surface area (Å²) in [6, 6.07) is 5.74. The van der Waals surface area contributed by atoms with Gasteiger partial charge in [0.25, 0.3) is 0 Å². The fraction of sp³-hybridized carbons (Fsp3) is 0.286. The average Bonchev–Trinajstić information content (AvgIpc) is 2.97. The zero-order chi connectivity index (χ0) is 13.4. The van der Waals surface area contributed by atoms with Crippen LogP contribution in [0.1, 0.15) is 21.6 Å². The van der Waals surface area contributed by atoms with Gasteiger partial charge < -0.3 is 4.74 Å².